The van der Waals surface area contributed by atoms with E-state index in [1.807, 2.05) is 57.4 Å². The Morgan fingerprint density at radius 3 is 2.24 bits per heavy atom. The van der Waals surface area contributed by atoms with Gasteiger partial charge in [-0.15, -0.1) is 0 Å². The second kappa shape index (κ2) is 20.8. The monoisotopic (exact) mass is 528 g/mol. The highest BCUT2D eigenvalue weighted by Gasteiger charge is 2.08. The molecular weight excluding hydrogens is 480 g/mol. The van der Waals surface area contributed by atoms with Gasteiger partial charge in [0.25, 0.3) is 0 Å². The maximum atomic E-state index is 10.4. The fraction of sp³-hybridized carbons (Fsp3) is 0.500. The highest BCUT2D eigenvalue weighted by molar-refractivity contribution is 5.98. The molecule has 0 saturated carbocycles. The number of benzene rings is 1. The Kier molecular flexibility index (Phi) is 19.0. The number of furan rings is 1. The highest BCUT2D eigenvalue weighted by atomic mass is 16.3. The summed E-state index contributed by atoms with van der Waals surface area (Å²) < 4.78 is 5.15. The molecule has 2 heterocycles. The summed E-state index contributed by atoms with van der Waals surface area (Å²) in [7, 11) is 1.86. The number of nitrogens with two attached hydrogens (primary N) is 1. The smallest absolute Gasteiger partial charge is 0.190 e. The molecule has 2 aromatic heterocycles. The third-order valence-electron chi connectivity index (χ3n) is 5.92. The fourth-order valence-electron chi connectivity index (χ4n) is 3.39. The number of nitrogens with one attached hydrogen (secondary N) is 1. The van der Waals surface area contributed by atoms with Gasteiger partial charge in [-0.1, -0.05) is 52.3 Å². The van der Waals surface area contributed by atoms with E-state index in [1.54, 1.807) is 6.07 Å². The van der Waals surface area contributed by atoms with Gasteiger partial charge in [-0.3, -0.25) is 9.69 Å². The molecule has 0 fully saturated rings. The van der Waals surface area contributed by atoms with Crippen molar-refractivity contribution in [2.24, 2.45) is 5.92 Å². The zero-order valence-corrected chi connectivity index (χ0v) is 24.2. The third-order valence-corrected chi connectivity index (χ3v) is 5.92. The summed E-state index contributed by atoms with van der Waals surface area (Å²) in [6.45, 7) is 14.7. The summed E-state index contributed by atoms with van der Waals surface area (Å²) in [4.78, 5) is 26.7. The average molecular weight is 529 g/mol. The molecule has 0 spiro atoms. The van der Waals surface area contributed by atoms with Gasteiger partial charge in [-0.05, 0) is 57.0 Å². The molecule has 2 atom stereocenters. The molecular formula is C30H48N4O4. The van der Waals surface area contributed by atoms with Gasteiger partial charge >= 0.3 is 0 Å². The van der Waals surface area contributed by atoms with Crippen molar-refractivity contribution < 1.29 is 19.1 Å². The predicted molar refractivity (Wildman–Crippen MR) is 159 cm³/mol. The van der Waals surface area contributed by atoms with Crippen LogP contribution in [0, 0.1) is 12.8 Å². The Labute approximate surface area is 228 Å². The molecule has 8 heteroatoms. The van der Waals surface area contributed by atoms with Crippen LogP contribution in [0.1, 0.15) is 70.0 Å². The van der Waals surface area contributed by atoms with Crippen LogP contribution >= 0.6 is 0 Å². The number of carbonyl (C=O) groups is 2. The fourth-order valence-corrected chi connectivity index (χ4v) is 3.39. The molecule has 4 N–H and O–H groups in total. The Balaban J connectivity index is 0.000000490. The van der Waals surface area contributed by atoms with Crippen LogP contribution in [0.5, 0.6) is 0 Å². The van der Waals surface area contributed by atoms with Crippen LogP contribution < -0.4 is 11.1 Å². The number of para-hydroxylation sites is 1. The van der Waals surface area contributed by atoms with Crippen LogP contribution in [-0.4, -0.2) is 60.3 Å². The van der Waals surface area contributed by atoms with Crippen molar-refractivity contribution in [3.8, 4) is 0 Å². The zero-order chi connectivity index (χ0) is 28.9. The number of hydrogen-bond donors (Lipinski definition) is 3. The number of hydrogen-bond acceptors (Lipinski definition) is 8. The molecule has 38 heavy (non-hydrogen) atoms. The number of nitrogen functional groups attached to an aromatic ring is 1. The van der Waals surface area contributed by atoms with Gasteiger partial charge in [0, 0.05) is 37.1 Å². The SMILES string of the molecule is CCC(C)N(CC)CCO.CCC[C@H](C)C=O.CNc1ccc(C)cn1.Nc1c(C=O)oc2ccccc12. The number of nitrogens with zero attached hydrogens (tertiary/aromatic N) is 2. The molecule has 0 saturated heterocycles. The molecule has 1 aromatic carbocycles. The van der Waals surface area contributed by atoms with Crippen LogP contribution in [0.4, 0.5) is 11.5 Å². The van der Waals surface area contributed by atoms with E-state index < -0.39 is 0 Å². The number of aliphatic hydroxyl groups excluding tert-OH is 1. The number of anilines is 2. The van der Waals surface area contributed by atoms with E-state index in [0.717, 1.165) is 49.8 Å². The van der Waals surface area contributed by atoms with Crippen molar-refractivity contribution in [2.75, 3.05) is 37.8 Å². The largest absolute Gasteiger partial charge is 0.451 e. The molecule has 3 rings (SSSR count). The Hall–Kier alpha value is -3.23. The van der Waals surface area contributed by atoms with Gasteiger partial charge < -0.3 is 25.4 Å². The van der Waals surface area contributed by atoms with Gasteiger partial charge in [-0.25, -0.2) is 4.98 Å². The summed E-state index contributed by atoms with van der Waals surface area (Å²) in [5.41, 5.74) is 7.88. The summed E-state index contributed by atoms with van der Waals surface area (Å²) >= 11 is 0. The van der Waals surface area contributed by atoms with Gasteiger partial charge in [0.1, 0.15) is 17.7 Å². The molecule has 0 aliphatic heterocycles. The van der Waals surface area contributed by atoms with E-state index in [-0.39, 0.29) is 18.3 Å². The number of carbonyl (C=O) groups excluding carboxylic acids is 2. The minimum Gasteiger partial charge on any atom is -0.451 e. The summed E-state index contributed by atoms with van der Waals surface area (Å²) in [6, 6.07) is 11.9. The number of aryl methyl sites for hydroxylation is 1. The van der Waals surface area contributed by atoms with Gasteiger partial charge in [0.05, 0.1) is 12.3 Å². The number of fused-ring (bicyclic) bond motifs is 1. The number of aldehydes is 2. The molecule has 0 aliphatic rings. The lowest BCUT2D eigenvalue weighted by Gasteiger charge is -2.25. The standard InChI is InChI=1S/C9H7NO2.C8H19NO.C7H10N2.C6H12O/c10-9-6-3-1-2-4-7(6)12-8(9)5-11;1-4-8(3)9(5-2)6-7-10;1-6-3-4-7(8-2)9-5-6;1-3-4-6(2)5-7/h1-5H,10H2;8,10H,4-7H2,1-3H3;3-5H,1-2H3,(H,8,9);5-6H,3-4H2,1-2H3/t;;;6-/m...0/s1. The molecule has 0 aliphatic carbocycles. The van der Waals surface area contributed by atoms with E-state index >= 15 is 0 Å². The van der Waals surface area contributed by atoms with Crippen molar-refractivity contribution in [3.63, 3.8) is 0 Å². The maximum absolute atomic E-state index is 10.4. The Bertz CT molecular complexity index is 1020. The van der Waals surface area contributed by atoms with Crippen molar-refractivity contribution in [1.29, 1.82) is 0 Å². The molecule has 0 radical (unpaired) electrons. The van der Waals surface area contributed by atoms with Crippen molar-refractivity contribution in [2.45, 2.75) is 66.8 Å². The average Bonchev–Trinajstić information content (AvgIpc) is 3.28. The minimum absolute atomic E-state index is 0.205. The lowest BCUT2D eigenvalue weighted by atomic mass is 10.1. The second-order valence-corrected chi connectivity index (χ2v) is 8.98. The number of aliphatic hydroxyl groups is 1. The van der Waals surface area contributed by atoms with Crippen molar-refractivity contribution >= 4 is 35.0 Å². The summed E-state index contributed by atoms with van der Waals surface area (Å²) in [5.74, 6) is 1.39. The van der Waals surface area contributed by atoms with E-state index in [0.29, 0.717) is 23.6 Å². The normalized spacial score (nSPS) is 11.6. The predicted octanol–water partition coefficient (Wildman–Crippen LogP) is 5.98. The molecule has 3 aromatic rings. The van der Waals surface area contributed by atoms with Crippen LogP contribution in [0.25, 0.3) is 11.0 Å². The Morgan fingerprint density at radius 2 is 1.82 bits per heavy atom. The third kappa shape index (κ3) is 13.4. The van der Waals surface area contributed by atoms with Gasteiger partial charge in [-0.2, -0.15) is 0 Å². The molecule has 1 unspecified atom stereocenters. The van der Waals surface area contributed by atoms with E-state index in [9.17, 15) is 9.59 Å². The van der Waals surface area contributed by atoms with Crippen LogP contribution in [0.15, 0.2) is 47.0 Å². The number of likely N-dealkylation sites (N-methyl/N-ethyl adjacent to an activating group) is 1. The van der Waals surface area contributed by atoms with E-state index in [2.05, 4.69) is 42.9 Å². The van der Waals surface area contributed by atoms with Crippen LogP contribution in [0.3, 0.4) is 0 Å². The van der Waals surface area contributed by atoms with E-state index in [1.165, 1.54) is 5.56 Å². The van der Waals surface area contributed by atoms with Crippen molar-refractivity contribution in [1.82, 2.24) is 9.88 Å². The number of rotatable bonds is 10. The lowest BCUT2D eigenvalue weighted by molar-refractivity contribution is -0.110. The van der Waals surface area contributed by atoms with Crippen LogP contribution in [0.2, 0.25) is 0 Å². The molecule has 0 amide bonds. The van der Waals surface area contributed by atoms with Gasteiger partial charge in [0.2, 0.25) is 0 Å². The second-order valence-electron chi connectivity index (χ2n) is 8.98. The zero-order valence-electron chi connectivity index (χ0n) is 24.2. The first kappa shape index (κ1) is 34.8. The van der Waals surface area contributed by atoms with Crippen LogP contribution in [-0.2, 0) is 4.79 Å². The molecule has 8 nitrogen and oxygen atoms in total. The Morgan fingerprint density at radius 1 is 1.13 bits per heavy atom. The quantitative estimate of drug-likeness (QED) is 0.275. The summed E-state index contributed by atoms with van der Waals surface area (Å²) in [6.07, 6.45) is 6.77. The highest BCUT2D eigenvalue weighted by Crippen LogP contribution is 2.26. The minimum atomic E-state index is 0.205. The first-order valence-corrected chi connectivity index (χ1v) is 13.3. The lowest BCUT2D eigenvalue weighted by Crippen LogP contribution is -2.34. The first-order chi connectivity index (χ1) is 18.2. The molecule has 0 bridgehead atoms. The maximum Gasteiger partial charge on any atom is 0.190 e. The first-order valence-electron chi connectivity index (χ1n) is 13.3. The van der Waals surface area contributed by atoms with E-state index in [4.69, 9.17) is 15.3 Å². The summed E-state index contributed by atoms with van der Waals surface area (Å²) in [5, 5.41) is 12.4. The molecule has 212 valence electrons. The number of pyridine rings is 1. The number of aromatic nitrogens is 1. The topological polar surface area (TPSA) is 122 Å². The van der Waals surface area contributed by atoms with Crippen molar-refractivity contribution in [3.05, 3.63) is 53.9 Å². The van der Waals surface area contributed by atoms with Gasteiger partial charge in [0.15, 0.2) is 12.0 Å².